The Balaban J connectivity index is 1.45. The van der Waals surface area contributed by atoms with Crippen LogP contribution in [-0.4, -0.2) is 62.1 Å². The van der Waals surface area contributed by atoms with Crippen LogP contribution in [-0.2, 0) is 0 Å². The summed E-state index contributed by atoms with van der Waals surface area (Å²) in [6, 6.07) is 6.69. The lowest BCUT2D eigenvalue weighted by atomic mass is 10.0. The van der Waals surface area contributed by atoms with Crippen molar-refractivity contribution in [2.45, 2.75) is 6.92 Å². The number of nitrogens with zero attached hydrogens (tertiary/aromatic N) is 6. The van der Waals surface area contributed by atoms with Crippen LogP contribution in [0.3, 0.4) is 0 Å². The van der Waals surface area contributed by atoms with E-state index in [-0.39, 0.29) is 17.2 Å². The van der Waals surface area contributed by atoms with Gasteiger partial charge in [0.15, 0.2) is 0 Å². The third kappa shape index (κ3) is 4.57. The predicted molar refractivity (Wildman–Crippen MR) is 127 cm³/mol. The summed E-state index contributed by atoms with van der Waals surface area (Å²) in [4.78, 5) is 29.7. The zero-order chi connectivity index (χ0) is 24.5. The van der Waals surface area contributed by atoms with Gasteiger partial charge in [0.1, 0.15) is 28.8 Å². The van der Waals surface area contributed by atoms with E-state index in [0.717, 1.165) is 11.8 Å². The van der Waals surface area contributed by atoms with Gasteiger partial charge in [-0.25, -0.2) is 18.7 Å². The van der Waals surface area contributed by atoms with E-state index in [4.69, 9.17) is 16.6 Å². The van der Waals surface area contributed by atoms with Crippen molar-refractivity contribution in [1.29, 1.82) is 0 Å². The van der Waals surface area contributed by atoms with Crippen LogP contribution in [0.4, 0.5) is 14.6 Å². The van der Waals surface area contributed by atoms with Gasteiger partial charge in [-0.05, 0) is 31.2 Å². The van der Waals surface area contributed by atoms with E-state index in [2.05, 4.69) is 20.2 Å². The summed E-state index contributed by atoms with van der Waals surface area (Å²) in [5, 5.41) is 7.16. The highest BCUT2D eigenvalue weighted by atomic mass is 35.5. The van der Waals surface area contributed by atoms with Gasteiger partial charge in [-0.15, -0.1) is 0 Å². The number of hydrogen-bond donors (Lipinski definition) is 1. The molecule has 4 aromatic rings. The Morgan fingerprint density at radius 2 is 1.83 bits per heavy atom. The molecule has 11 heteroatoms. The number of aryl methyl sites for hydroxylation is 1. The van der Waals surface area contributed by atoms with Gasteiger partial charge in [0, 0.05) is 61.5 Å². The summed E-state index contributed by atoms with van der Waals surface area (Å²) in [5.41, 5.74) is 2.43. The van der Waals surface area contributed by atoms with Gasteiger partial charge in [-0.2, -0.15) is 5.10 Å². The van der Waals surface area contributed by atoms with Crippen LogP contribution in [0, 0.1) is 18.6 Å². The van der Waals surface area contributed by atoms with E-state index in [9.17, 15) is 13.6 Å². The van der Waals surface area contributed by atoms with Crippen molar-refractivity contribution in [1.82, 2.24) is 30.0 Å². The molecule has 0 bridgehead atoms. The molecule has 0 aliphatic carbocycles. The fraction of sp³-hybridized carbons (Fsp3) is 0.208. The maximum absolute atomic E-state index is 14.6. The highest BCUT2D eigenvalue weighted by Gasteiger charge is 2.26. The summed E-state index contributed by atoms with van der Waals surface area (Å²) in [6.45, 7) is 3.85. The lowest BCUT2D eigenvalue weighted by Gasteiger charge is -2.35. The molecular formula is C24H20ClF2N7O. The third-order valence-corrected chi connectivity index (χ3v) is 6.09. The number of aromatic nitrogens is 5. The zero-order valence-electron chi connectivity index (χ0n) is 18.7. The summed E-state index contributed by atoms with van der Waals surface area (Å²) in [5.74, 6) is -1.01. The van der Waals surface area contributed by atoms with Crippen LogP contribution < -0.4 is 4.90 Å². The molecule has 0 saturated carbocycles. The monoisotopic (exact) mass is 495 g/mol. The molecule has 0 radical (unpaired) electrons. The first-order chi connectivity index (χ1) is 16.9. The second-order valence-electron chi connectivity index (χ2n) is 8.12. The minimum Gasteiger partial charge on any atom is -0.352 e. The Bertz CT molecular complexity index is 1400. The summed E-state index contributed by atoms with van der Waals surface area (Å²) in [6.07, 6.45) is 4.57. The number of pyridine rings is 1. The fourth-order valence-corrected chi connectivity index (χ4v) is 4.20. The van der Waals surface area contributed by atoms with E-state index in [1.807, 2.05) is 11.8 Å². The van der Waals surface area contributed by atoms with Gasteiger partial charge in [-0.1, -0.05) is 11.6 Å². The average Bonchev–Trinajstić information content (AvgIpc) is 3.30. The third-order valence-electron chi connectivity index (χ3n) is 5.79. The highest BCUT2D eigenvalue weighted by Crippen LogP contribution is 2.35. The Morgan fingerprint density at radius 3 is 2.51 bits per heavy atom. The van der Waals surface area contributed by atoms with Crippen LogP contribution >= 0.6 is 11.6 Å². The number of amides is 1. The van der Waals surface area contributed by atoms with Gasteiger partial charge in [0.25, 0.3) is 5.91 Å². The molecule has 8 nitrogen and oxygen atoms in total. The number of aromatic amines is 1. The van der Waals surface area contributed by atoms with Crippen molar-refractivity contribution in [3.05, 3.63) is 77.0 Å². The van der Waals surface area contributed by atoms with Crippen LogP contribution in [0.1, 0.15) is 16.2 Å². The molecule has 0 unspecified atom stereocenters. The van der Waals surface area contributed by atoms with Crippen molar-refractivity contribution < 1.29 is 13.6 Å². The van der Waals surface area contributed by atoms with Crippen molar-refractivity contribution in [3.63, 3.8) is 0 Å². The molecule has 178 valence electrons. The van der Waals surface area contributed by atoms with Crippen molar-refractivity contribution >= 4 is 23.3 Å². The summed E-state index contributed by atoms with van der Waals surface area (Å²) < 4.78 is 28.1. The molecule has 1 N–H and O–H groups in total. The molecule has 3 aromatic heterocycles. The first-order valence-electron chi connectivity index (χ1n) is 10.9. The van der Waals surface area contributed by atoms with Gasteiger partial charge in [-0.3, -0.25) is 14.9 Å². The lowest BCUT2D eigenvalue weighted by molar-refractivity contribution is 0.0740. The van der Waals surface area contributed by atoms with Gasteiger partial charge in [0.05, 0.1) is 16.9 Å². The number of nitrogens with one attached hydrogen (secondary N) is 1. The minimum atomic E-state index is -0.751. The van der Waals surface area contributed by atoms with E-state index in [1.54, 1.807) is 29.4 Å². The first-order valence-corrected chi connectivity index (χ1v) is 11.3. The number of H-pyrrole nitrogens is 1. The normalized spacial score (nSPS) is 13.8. The zero-order valence-corrected chi connectivity index (χ0v) is 19.4. The highest BCUT2D eigenvalue weighted by molar-refractivity contribution is 6.33. The molecule has 1 aliphatic rings. The molecule has 1 aliphatic heterocycles. The maximum Gasteiger partial charge on any atom is 0.274 e. The molecule has 1 amide bonds. The van der Waals surface area contributed by atoms with E-state index in [1.165, 1.54) is 18.3 Å². The molecule has 0 spiro atoms. The molecule has 5 rings (SSSR count). The number of carbonyl (C=O) groups is 1. The Labute approximate surface area is 204 Å². The number of halogens is 3. The number of benzene rings is 1. The van der Waals surface area contributed by atoms with E-state index in [0.29, 0.717) is 54.0 Å². The second kappa shape index (κ2) is 9.38. The number of anilines is 1. The smallest absolute Gasteiger partial charge is 0.274 e. The fourth-order valence-electron chi connectivity index (χ4n) is 3.99. The van der Waals surface area contributed by atoms with Crippen LogP contribution in [0.25, 0.3) is 22.5 Å². The Hall–Kier alpha value is -3.92. The van der Waals surface area contributed by atoms with Crippen LogP contribution in [0.5, 0.6) is 0 Å². The van der Waals surface area contributed by atoms with Gasteiger partial charge in [0.2, 0.25) is 0 Å². The number of hydrogen-bond acceptors (Lipinski definition) is 6. The van der Waals surface area contributed by atoms with Crippen LogP contribution in [0.15, 0.2) is 48.9 Å². The van der Waals surface area contributed by atoms with E-state index < -0.39 is 11.6 Å². The quantitative estimate of drug-likeness (QED) is 0.458. The largest absolute Gasteiger partial charge is 0.352 e. The van der Waals surface area contributed by atoms with Gasteiger partial charge >= 0.3 is 0 Å². The molecule has 4 heterocycles. The molecular weight excluding hydrogens is 476 g/mol. The van der Waals surface area contributed by atoms with Gasteiger partial charge < -0.3 is 9.80 Å². The predicted octanol–water partition coefficient (Wildman–Crippen LogP) is 4.13. The van der Waals surface area contributed by atoms with Crippen molar-refractivity contribution in [2.75, 3.05) is 31.1 Å². The van der Waals surface area contributed by atoms with Crippen molar-refractivity contribution in [3.8, 4) is 22.5 Å². The minimum absolute atomic E-state index is 0.109. The Kier molecular flexibility index (Phi) is 6.12. The SMILES string of the molecule is Cc1cc(C(=O)N2CCN(c3cnc(-c4ccc(F)cc4F)c(-c4ccncc4Cl)n3)CC2)n[nH]1. The Morgan fingerprint density at radius 1 is 1.03 bits per heavy atom. The number of piperazine rings is 1. The van der Waals surface area contributed by atoms with Crippen LogP contribution in [0.2, 0.25) is 5.02 Å². The summed E-state index contributed by atoms with van der Waals surface area (Å²) in [7, 11) is 0. The van der Waals surface area contributed by atoms with E-state index >= 15 is 0 Å². The number of carbonyl (C=O) groups excluding carboxylic acids is 1. The second-order valence-corrected chi connectivity index (χ2v) is 8.53. The molecule has 1 aromatic carbocycles. The lowest BCUT2D eigenvalue weighted by Crippen LogP contribution is -2.49. The molecule has 0 atom stereocenters. The number of rotatable bonds is 4. The molecule has 1 saturated heterocycles. The average molecular weight is 496 g/mol. The first kappa shape index (κ1) is 22.9. The molecule has 1 fully saturated rings. The molecule has 35 heavy (non-hydrogen) atoms. The maximum atomic E-state index is 14.6. The van der Waals surface area contributed by atoms with Crippen molar-refractivity contribution in [2.24, 2.45) is 0 Å². The summed E-state index contributed by atoms with van der Waals surface area (Å²) >= 11 is 6.38. The standard InChI is InChI=1S/C24H20ClF2N7O/c1-14-10-20(32-31-14)24(35)34-8-6-33(7-9-34)21-13-29-22(17-3-2-15(26)11-19(17)27)23(30-21)16-4-5-28-12-18(16)25/h2-5,10-13H,6-9H2,1H3,(H,31,32). The topological polar surface area (TPSA) is 90.9 Å².